The largest absolute Gasteiger partial charge is 0.385 e. The van der Waals surface area contributed by atoms with E-state index in [1.807, 2.05) is 0 Å². The molecule has 1 aliphatic heterocycles. The SMILES string of the molecule is CCNc1ccc(-c2nc(C3CCCO3)cs2)cc1. The fourth-order valence-electron chi connectivity index (χ4n) is 2.31. The summed E-state index contributed by atoms with van der Waals surface area (Å²) in [6.45, 7) is 3.91. The Labute approximate surface area is 117 Å². The van der Waals surface area contributed by atoms with Gasteiger partial charge in [0.25, 0.3) is 0 Å². The molecule has 4 heteroatoms. The number of nitrogens with zero attached hydrogens (tertiary/aromatic N) is 1. The van der Waals surface area contributed by atoms with Crippen molar-refractivity contribution in [1.29, 1.82) is 0 Å². The van der Waals surface area contributed by atoms with Gasteiger partial charge in [0.05, 0.1) is 5.69 Å². The number of ether oxygens (including phenoxy) is 1. The number of aromatic nitrogens is 1. The normalized spacial score (nSPS) is 18.7. The Bertz CT molecular complexity index is 529. The number of rotatable bonds is 4. The molecule has 2 aromatic rings. The molecular formula is C15H18N2OS. The zero-order valence-electron chi connectivity index (χ0n) is 11.1. The molecule has 0 amide bonds. The third kappa shape index (κ3) is 2.80. The van der Waals surface area contributed by atoms with Crippen molar-refractivity contribution in [2.75, 3.05) is 18.5 Å². The fourth-order valence-corrected chi connectivity index (χ4v) is 3.18. The Hall–Kier alpha value is -1.39. The molecule has 19 heavy (non-hydrogen) atoms. The van der Waals surface area contributed by atoms with Crippen LogP contribution in [0.1, 0.15) is 31.6 Å². The predicted molar refractivity (Wildman–Crippen MR) is 79.6 cm³/mol. The maximum atomic E-state index is 5.67. The molecule has 3 nitrogen and oxygen atoms in total. The highest BCUT2D eigenvalue weighted by molar-refractivity contribution is 7.13. The highest BCUT2D eigenvalue weighted by Crippen LogP contribution is 2.32. The average molecular weight is 274 g/mol. The smallest absolute Gasteiger partial charge is 0.123 e. The molecule has 1 aromatic carbocycles. The fraction of sp³-hybridized carbons (Fsp3) is 0.400. The summed E-state index contributed by atoms with van der Waals surface area (Å²) >= 11 is 1.70. The van der Waals surface area contributed by atoms with Gasteiger partial charge < -0.3 is 10.1 Å². The predicted octanol–water partition coefficient (Wildman–Crippen LogP) is 4.09. The summed E-state index contributed by atoms with van der Waals surface area (Å²) < 4.78 is 5.67. The zero-order chi connectivity index (χ0) is 13.1. The van der Waals surface area contributed by atoms with Crippen LogP contribution in [0, 0.1) is 0 Å². The second-order valence-electron chi connectivity index (χ2n) is 4.69. The van der Waals surface area contributed by atoms with Crippen molar-refractivity contribution in [3.8, 4) is 10.6 Å². The summed E-state index contributed by atoms with van der Waals surface area (Å²) in [5, 5.41) is 6.51. The van der Waals surface area contributed by atoms with E-state index in [1.165, 1.54) is 5.56 Å². The average Bonchev–Trinajstić information content (AvgIpc) is 3.11. The van der Waals surface area contributed by atoms with Crippen LogP contribution in [0.4, 0.5) is 5.69 Å². The number of anilines is 1. The summed E-state index contributed by atoms with van der Waals surface area (Å²) in [6.07, 6.45) is 2.46. The summed E-state index contributed by atoms with van der Waals surface area (Å²) in [5.41, 5.74) is 3.42. The molecule has 3 rings (SSSR count). The first-order valence-electron chi connectivity index (χ1n) is 6.78. The van der Waals surface area contributed by atoms with Gasteiger partial charge in [0.1, 0.15) is 11.1 Å². The maximum absolute atomic E-state index is 5.67. The summed E-state index contributed by atoms with van der Waals surface area (Å²) in [5.74, 6) is 0. The lowest BCUT2D eigenvalue weighted by atomic mass is 10.2. The second kappa shape index (κ2) is 5.72. The van der Waals surface area contributed by atoms with E-state index in [4.69, 9.17) is 9.72 Å². The van der Waals surface area contributed by atoms with Crippen molar-refractivity contribution in [1.82, 2.24) is 4.98 Å². The highest BCUT2D eigenvalue weighted by Gasteiger charge is 2.20. The van der Waals surface area contributed by atoms with Gasteiger partial charge in [0, 0.05) is 29.8 Å². The Kier molecular flexibility index (Phi) is 3.80. The van der Waals surface area contributed by atoms with Gasteiger partial charge in [-0.05, 0) is 44.0 Å². The summed E-state index contributed by atoms with van der Waals surface area (Å²) in [6, 6.07) is 8.45. The van der Waals surface area contributed by atoms with E-state index in [9.17, 15) is 0 Å². The molecule has 1 aromatic heterocycles. The van der Waals surface area contributed by atoms with Crippen LogP contribution in [-0.2, 0) is 4.74 Å². The van der Waals surface area contributed by atoms with Crippen molar-refractivity contribution < 1.29 is 4.74 Å². The van der Waals surface area contributed by atoms with Crippen LogP contribution < -0.4 is 5.32 Å². The first kappa shape index (κ1) is 12.6. The quantitative estimate of drug-likeness (QED) is 0.911. The Balaban J connectivity index is 1.77. The van der Waals surface area contributed by atoms with Crippen LogP contribution in [0.15, 0.2) is 29.6 Å². The van der Waals surface area contributed by atoms with Gasteiger partial charge in [-0.1, -0.05) is 0 Å². The monoisotopic (exact) mass is 274 g/mol. The molecule has 1 atom stereocenters. The van der Waals surface area contributed by atoms with Crippen LogP contribution in [0.3, 0.4) is 0 Å². The zero-order valence-corrected chi connectivity index (χ0v) is 11.9. The van der Waals surface area contributed by atoms with Crippen LogP contribution >= 0.6 is 11.3 Å². The van der Waals surface area contributed by atoms with Gasteiger partial charge in [-0.25, -0.2) is 4.98 Å². The van der Waals surface area contributed by atoms with E-state index in [0.717, 1.165) is 42.4 Å². The number of nitrogens with one attached hydrogen (secondary N) is 1. The van der Waals surface area contributed by atoms with Gasteiger partial charge >= 0.3 is 0 Å². The lowest BCUT2D eigenvalue weighted by Crippen LogP contribution is -1.96. The molecule has 1 aliphatic rings. The third-order valence-corrected chi connectivity index (χ3v) is 4.20. The minimum Gasteiger partial charge on any atom is -0.385 e. The van der Waals surface area contributed by atoms with Crippen molar-refractivity contribution in [2.24, 2.45) is 0 Å². The van der Waals surface area contributed by atoms with Crippen LogP contribution in [0.5, 0.6) is 0 Å². The highest BCUT2D eigenvalue weighted by atomic mass is 32.1. The number of benzene rings is 1. The van der Waals surface area contributed by atoms with E-state index in [1.54, 1.807) is 11.3 Å². The van der Waals surface area contributed by atoms with Crippen molar-refractivity contribution in [3.63, 3.8) is 0 Å². The molecule has 2 heterocycles. The molecule has 1 saturated heterocycles. The van der Waals surface area contributed by atoms with Gasteiger partial charge in [-0.15, -0.1) is 11.3 Å². The Morgan fingerprint density at radius 2 is 2.21 bits per heavy atom. The molecular weight excluding hydrogens is 256 g/mol. The molecule has 1 N–H and O–H groups in total. The van der Waals surface area contributed by atoms with Crippen molar-refractivity contribution in [2.45, 2.75) is 25.9 Å². The van der Waals surface area contributed by atoms with Gasteiger partial charge in [-0.3, -0.25) is 0 Å². The molecule has 0 spiro atoms. The first-order valence-corrected chi connectivity index (χ1v) is 7.66. The van der Waals surface area contributed by atoms with Gasteiger partial charge in [-0.2, -0.15) is 0 Å². The van der Waals surface area contributed by atoms with Crippen LogP contribution in [0.2, 0.25) is 0 Å². The maximum Gasteiger partial charge on any atom is 0.123 e. The Morgan fingerprint density at radius 1 is 1.37 bits per heavy atom. The molecule has 1 unspecified atom stereocenters. The molecule has 100 valence electrons. The Morgan fingerprint density at radius 3 is 2.89 bits per heavy atom. The van der Waals surface area contributed by atoms with Crippen molar-refractivity contribution in [3.05, 3.63) is 35.3 Å². The minimum absolute atomic E-state index is 0.214. The number of thiazole rings is 1. The second-order valence-corrected chi connectivity index (χ2v) is 5.54. The molecule has 0 saturated carbocycles. The van der Waals surface area contributed by atoms with Gasteiger partial charge in [0.15, 0.2) is 0 Å². The topological polar surface area (TPSA) is 34.2 Å². The van der Waals surface area contributed by atoms with Crippen molar-refractivity contribution >= 4 is 17.0 Å². The molecule has 0 aliphatic carbocycles. The minimum atomic E-state index is 0.214. The van der Waals surface area contributed by atoms with Gasteiger partial charge in [0.2, 0.25) is 0 Å². The van der Waals surface area contributed by atoms with E-state index >= 15 is 0 Å². The molecule has 1 fully saturated rings. The third-order valence-electron chi connectivity index (χ3n) is 3.29. The summed E-state index contributed by atoms with van der Waals surface area (Å²) in [4.78, 5) is 4.71. The molecule has 0 bridgehead atoms. The van der Waals surface area contributed by atoms with Crippen LogP contribution in [0.25, 0.3) is 10.6 Å². The summed E-state index contributed by atoms with van der Waals surface area (Å²) in [7, 11) is 0. The lowest BCUT2D eigenvalue weighted by Gasteiger charge is -2.05. The number of hydrogen-bond donors (Lipinski definition) is 1. The first-order chi connectivity index (χ1) is 9.36. The standard InChI is InChI=1S/C15H18N2OS/c1-2-16-12-7-5-11(6-8-12)15-17-13(10-19-15)14-4-3-9-18-14/h5-8,10,14,16H,2-4,9H2,1H3. The molecule has 0 radical (unpaired) electrons. The van der Waals surface area contributed by atoms with E-state index in [0.29, 0.717) is 0 Å². The van der Waals surface area contributed by atoms with E-state index < -0.39 is 0 Å². The van der Waals surface area contributed by atoms with Crippen LogP contribution in [-0.4, -0.2) is 18.1 Å². The van der Waals surface area contributed by atoms with E-state index in [-0.39, 0.29) is 6.10 Å². The van der Waals surface area contributed by atoms with E-state index in [2.05, 4.69) is 41.9 Å². The number of hydrogen-bond acceptors (Lipinski definition) is 4. The lowest BCUT2D eigenvalue weighted by molar-refractivity contribution is 0.109.